The second-order valence-electron chi connectivity index (χ2n) is 4.57. The van der Waals surface area contributed by atoms with Crippen LogP contribution < -0.4 is 10.5 Å². The van der Waals surface area contributed by atoms with E-state index in [4.69, 9.17) is 10.5 Å². The highest BCUT2D eigenvalue weighted by molar-refractivity contribution is 5.91. The van der Waals surface area contributed by atoms with Crippen LogP contribution in [0.2, 0.25) is 0 Å². The summed E-state index contributed by atoms with van der Waals surface area (Å²) in [7, 11) is 0. The predicted molar refractivity (Wildman–Crippen MR) is 72.7 cm³/mol. The molecule has 2 nitrogen and oxygen atoms in total. The lowest BCUT2D eigenvalue weighted by molar-refractivity contribution is -0.148. The molecule has 0 aliphatic heterocycles. The summed E-state index contributed by atoms with van der Waals surface area (Å²) in [6.07, 6.45) is -3.63. The molecule has 0 aromatic heterocycles. The third-order valence-electron chi connectivity index (χ3n) is 3.07. The first kappa shape index (κ1) is 14.7. The van der Waals surface area contributed by atoms with Crippen molar-refractivity contribution in [1.29, 1.82) is 0 Å². The number of benzene rings is 2. The summed E-state index contributed by atoms with van der Waals surface area (Å²) < 4.78 is 44.0. The molecule has 5 heteroatoms. The van der Waals surface area contributed by atoms with E-state index in [1.54, 1.807) is 30.3 Å². The summed E-state index contributed by atoms with van der Waals surface area (Å²) in [6.45, 7) is 2.49. The molecule has 2 aromatic rings. The first-order chi connectivity index (χ1) is 9.45. The van der Waals surface area contributed by atoms with Crippen molar-refractivity contribution in [1.82, 2.24) is 0 Å². The van der Waals surface area contributed by atoms with Gasteiger partial charge in [0.25, 0.3) is 0 Å². The topological polar surface area (TPSA) is 35.2 Å². The molecule has 0 spiro atoms. The van der Waals surface area contributed by atoms with Crippen LogP contribution in [0, 0.1) is 0 Å². The van der Waals surface area contributed by atoms with Crippen LogP contribution in [0.25, 0.3) is 10.8 Å². The fourth-order valence-corrected chi connectivity index (χ4v) is 2.09. The number of halogens is 3. The molecular formula is C15H16F3NO. The summed E-state index contributed by atoms with van der Waals surface area (Å²) in [4.78, 5) is 0. The van der Waals surface area contributed by atoms with E-state index in [0.29, 0.717) is 23.1 Å². The maximum atomic E-state index is 12.8. The Morgan fingerprint density at radius 2 is 1.75 bits per heavy atom. The maximum Gasteiger partial charge on any atom is 0.407 e. The minimum atomic E-state index is -4.46. The molecule has 20 heavy (non-hydrogen) atoms. The molecule has 2 aromatic carbocycles. The van der Waals surface area contributed by atoms with Crippen molar-refractivity contribution in [3.8, 4) is 5.75 Å². The van der Waals surface area contributed by atoms with Gasteiger partial charge >= 0.3 is 6.18 Å². The van der Waals surface area contributed by atoms with Gasteiger partial charge in [-0.1, -0.05) is 37.3 Å². The molecule has 1 atom stereocenters. The first-order valence-electron chi connectivity index (χ1n) is 6.42. The molecular weight excluding hydrogens is 267 g/mol. The minimum absolute atomic E-state index is 0.0666. The Bertz CT molecular complexity index is 595. The Labute approximate surface area is 115 Å². The average molecular weight is 283 g/mol. The first-order valence-corrected chi connectivity index (χ1v) is 6.42. The van der Waals surface area contributed by atoms with Gasteiger partial charge in [0.1, 0.15) is 11.8 Å². The second-order valence-corrected chi connectivity index (χ2v) is 4.57. The van der Waals surface area contributed by atoms with E-state index >= 15 is 0 Å². The van der Waals surface area contributed by atoms with Gasteiger partial charge in [0.2, 0.25) is 0 Å². The average Bonchev–Trinajstić information content (AvgIpc) is 2.42. The zero-order valence-electron chi connectivity index (χ0n) is 11.1. The van der Waals surface area contributed by atoms with E-state index in [9.17, 15) is 13.2 Å². The zero-order chi connectivity index (χ0) is 14.8. The maximum absolute atomic E-state index is 12.8. The van der Waals surface area contributed by atoms with Crippen LogP contribution in [-0.2, 0) is 0 Å². The Morgan fingerprint density at radius 1 is 1.10 bits per heavy atom. The Morgan fingerprint density at radius 3 is 2.40 bits per heavy atom. The highest BCUT2D eigenvalue weighted by atomic mass is 19.4. The summed E-state index contributed by atoms with van der Waals surface area (Å²) in [5.74, 6) is 0.584. The van der Waals surface area contributed by atoms with Crippen molar-refractivity contribution in [2.75, 3.05) is 6.61 Å². The summed E-state index contributed by atoms with van der Waals surface area (Å²) >= 11 is 0. The monoisotopic (exact) mass is 283 g/mol. The van der Waals surface area contributed by atoms with Crippen molar-refractivity contribution in [3.63, 3.8) is 0 Å². The molecule has 0 unspecified atom stereocenters. The summed E-state index contributed by atoms with van der Waals surface area (Å²) in [5.41, 5.74) is 5.39. The van der Waals surface area contributed by atoms with E-state index < -0.39 is 12.2 Å². The van der Waals surface area contributed by atoms with E-state index in [0.717, 1.165) is 6.42 Å². The lowest BCUT2D eigenvalue weighted by Gasteiger charge is -2.18. The van der Waals surface area contributed by atoms with Crippen LogP contribution in [0.1, 0.15) is 24.9 Å². The standard InChI is InChI=1S/C15H16F3NO/c1-2-9-20-13-8-4-5-10-11(13)6-3-7-12(10)14(19)15(16,17)18/h3-8,14H,2,9,19H2,1H3/t14-/m0/s1. The van der Waals surface area contributed by atoms with Crippen LogP contribution in [0.3, 0.4) is 0 Å². The fraction of sp³-hybridized carbons (Fsp3) is 0.333. The lowest BCUT2D eigenvalue weighted by Crippen LogP contribution is -2.28. The van der Waals surface area contributed by atoms with Crippen molar-refractivity contribution in [2.24, 2.45) is 5.73 Å². The molecule has 0 amide bonds. The van der Waals surface area contributed by atoms with E-state index in [2.05, 4.69) is 0 Å². The molecule has 2 rings (SSSR count). The van der Waals surface area contributed by atoms with Crippen molar-refractivity contribution in [3.05, 3.63) is 42.0 Å². The van der Waals surface area contributed by atoms with E-state index in [-0.39, 0.29) is 5.56 Å². The minimum Gasteiger partial charge on any atom is -0.493 e. The van der Waals surface area contributed by atoms with Crippen LogP contribution in [0.15, 0.2) is 36.4 Å². The Hall–Kier alpha value is -1.75. The molecule has 2 N–H and O–H groups in total. The van der Waals surface area contributed by atoms with Gasteiger partial charge in [-0.05, 0) is 23.4 Å². The van der Waals surface area contributed by atoms with Gasteiger partial charge < -0.3 is 10.5 Å². The van der Waals surface area contributed by atoms with Crippen molar-refractivity contribution in [2.45, 2.75) is 25.6 Å². The Balaban J connectivity index is 2.53. The van der Waals surface area contributed by atoms with Gasteiger partial charge in [-0.2, -0.15) is 13.2 Å². The molecule has 0 fully saturated rings. The Kier molecular flexibility index (Phi) is 4.18. The van der Waals surface area contributed by atoms with Crippen LogP contribution in [-0.4, -0.2) is 12.8 Å². The number of nitrogens with two attached hydrogens (primary N) is 1. The fourth-order valence-electron chi connectivity index (χ4n) is 2.09. The third-order valence-corrected chi connectivity index (χ3v) is 3.07. The van der Waals surface area contributed by atoms with Crippen LogP contribution >= 0.6 is 0 Å². The van der Waals surface area contributed by atoms with Gasteiger partial charge in [0, 0.05) is 5.39 Å². The molecule has 0 aliphatic rings. The number of rotatable bonds is 4. The number of ether oxygens (including phenoxy) is 1. The summed E-state index contributed by atoms with van der Waals surface area (Å²) in [5, 5.41) is 1.13. The molecule has 108 valence electrons. The van der Waals surface area contributed by atoms with Gasteiger partial charge in [-0.3, -0.25) is 0 Å². The smallest absolute Gasteiger partial charge is 0.407 e. The SMILES string of the molecule is CCCOc1cccc2c([C@H](N)C(F)(F)F)cccc12. The normalized spacial score (nSPS) is 13.4. The number of hydrogen-bond donors (Lipinski definition) is 1. The summed E-state index contributed by atoms with van der Waals surface area (Å²) in [6, 6.07) is 7.79. The highest BCUT2D eigenvalue weighted by Crippen LogP contribution is 2.36. The molecule has 0 bridgehead atoms. The second kappa shape index (κ2) is 5.71. The predicted octanol–water partition coefficient (Wildman–Crippen LogP) is 4.19. The molecule has 0 aliphatic carbocycles. The van der Waals surface area contributed by atoms with Gasteiger partial charge in [0.15, 0.2) is 0 Å². The van der Waals surface area contributed by atoms with Crippen molar-refractivity contribution >= 4 is 10.8 Å². The lowest BCUT2D eigenvalue weighted by atomic mass is 9.98. The van der Waals surface area contributed by atoms with E-state index in [1.165, 1.54) is 6.07 Å². The largest absolute Gasteiger partial charge is 0.493 e. The van der Waals surface area contributed by atoms with Crippen LogP contribution in [0.5, 0.6) is 5.75 Å². The van der Waals surface area contributed by atoms with Gasteiger partial charge in [0.05, 0.1) is 6.61 Å². The van der Waals surface area contributed by atoms with Gasteiger partial charge in [-0.25, -0.2) is 0 Å². The molecule has 0 saturated carbocycles. The van der Waals surface area contributed by atoms with E-state index in [1.807, 2.05) is 6.92 Å². The highest BCUT2D eigenvalue weighted by Gasteiger charge is 2.38. The van der Waals surface area contributed by atoms with Crippen LogP contribution in [0.4, 0.5) is 13.2 Å². The third kappa shape index (κ3) is 2.88. The molecule has 0 saturated heterocycles. The molecule has 0 heterocycles. The van der Waals surface area contributed by atoms with Gasteiger partial charge in [-0.15, -0.1) is 0 Å². The zero-order valence-corrected chi connectivity index (χ0v) is 11.1. The number of fused-ring (bicyclic) bond motifs is 1. The quantitative estimate of drug-likeness (QED) is 0.913. The number of hydrogen-bond acceptors (Lipinski definition) is 2. The number of alkyl halides is 3. The molecule has 0 radical (unpaired) electrons. The van der Waals surface area contributed by atoms with Crippen molar-refractivity contribution < 1.29 is 17.9 Å².